The van der Waals surface area contributed by atoms with Crippen LogP contribution in [-0.2, 0) is 11.3 Å². The zero-order valence-electron chi connectivity index (χ0n) is 16.9. The van der Waals surface area contributed by atoms with E-state index in [4.69, 9.17) is 0 Å². The number of rotatable bonds is 6. The number of anilines is 2. The Labute approximate surface area is 171 Å². The Hall–Kier alpha value is -2.86. The molecule has 6 nitrogen and oxygen atoms in total. The van der Waals surface area contributed by atoms with Gasteiger partial charge in [-0.2, -0.15) is 0 Å². The van der Waals surface area contributed by atoms with Crippen molar-refractivity contribution in [1.82, 2.24) is 10.2 Å². The number of benzene rings is 2. The molecule has 0 radical (unpaired) electrons. The van der Waals surface area contributed by atoms with Crippen LogP contribution in [0.5, 0.6) is 0 Å². The largest absolute Gasteiger partial charge is 0.358 e. The predicted molar refractivity (Wildman–Crippen MR) is 115 cm³/mol. The van der Waals surface area contributed by atoms with E-state index in [0.29, 0.717) is 12.1 Å². The molecule has 2 aliphatic rings. The SMILES string of the molecule is CN(CCNC(=O)c1ccc2c(c1)NC(=O)[C@@H]1CCCCN21)Cc1ccccc1. The number of fused-ring (bicyclic) bond motifs is 3. The van der Waals surface area contributed by atoms with Crippen LogP contribution in [0.4, 0.5) is 11.4 Å². The van der Waals surface area contributed by atoms with Crippen LogP contribution in [0.15, 0.2) is 48.5 Å². The van der Waals surface area contributed by atoms with Gasteiger partial charge in [-0.1, -0.05) is 30.3 Å². The van der Waals surface area contributed by atoms with E-state index in [-0.39, 0.29) is 17.9 Å². The fraction of sp³-hybridized carbons (Fsp3) is 0.391. The molecule has 0 bridgehead atoms. The van der Waals surface area contributed by atoms with Crippen molar-refractivity contribution in [2.45, 2.75) is 31.8 Å². The summed E-state index contributed by atoms with van der Waals surface area (Å²) in [6.45, 7) is 3.07. The Balaban J connectivity index is 1.34. The van der Waals surface area contributed by atoms with E-state index >= 15 is 0 Å². The van der Waals surface area contributed by atoms with Gasteiger partial charge in [-0.25, -0.2) is 0 Å². The second kappa shape index (κ2) is 8.66. The standard InChI is InChI=1S/C23H28N4O2/c1-26(16-17-7-3-2-4-8-17)14-12-24-22(28)18-10-11-20-19(15-18)25-23(29)21-9-5-6-13-27(20)21/h2-4,7-8,10-11,15,21H,5-6,9,12-14,16H2,1H3,(H,24,28)(H,25,29)/t21-/m0/s1. The lowest BCUT2D eigenvalue weighted by molar-refractivity contribution is -0.118. The first-order valence-corrected chi connectivity index (χ1v) is 10.3. The molecule has 0 unspecified atom stereocenters. The summed E-state index contributed by atoms with van der Waals surface area (Å²) < 4.78 is 0. The highest BCUT2D eigenvalue weighted by atomic mass is 16.2. The van der Waals surface area contributed by atoms with Crippen LogP contribution in [-0.4, -0.2) is 49.4 Å². The van der Waals surface area contributed by atoms with Gasteiger partial charge in [0.25, 0.3) is 5.91 Å². The summed E-state index contributed by atoms with van der Waals surface area (Å²) in [6.07, 6.45) is 3.08. The van der Waals surface area contributed by atoms with Gasteiger partial charge in [-0.3, -0.25) is 9.59 Å². The molecule has 2 heterocycles. The average Bonchev–Trinajstić information content (AvgIpc) is 2.74. The highest BCUT2D eigenvalue weighted by Gasteiger charge is 2.34. The zero-order valence-corrected chi connectivity index (χ0v) is 16.9. The lowest BCUT2D eigenvalue weighted by Gasteiger charge is -2.41. The lowest BCUT2D eigenvalue weighted by atomic mass is 9.97. The number of likely N-dealkylation sites (N-methyl/N-ethyl adjacent to an activating group) is 1. The first-order chi connectivity index (χ1) is 14.1. The maximum atomic E-state index is 12.6. The molecule has 4 rings (SSSR count). The number of piperidine rings is 1. The van der Waals surface area contributed by atoms with Crippen molar-refractivity contribution in [3.63, 3.8) is 0 Å². The molecule has 152 valence electrons. The molecule has 2 aromatic rings. The Bertz CT molecular complexity index is 884. The highest BCUT2D eigenvalue weighted by molar-refractivity contribution is 6.05. The number of carbonyl (C=O) groups is 2. The third-order valence-corrected chi connectivity index (χ3v) is 5.71. The van der Waals surface area contributed by atoms with Crippen molar-refractivity contribution < 1.29 is 9.59 Å². The monoisotopic (exact) mass is 392 g/mol. The average molecular weight is 393 g/mol. The molecule has 1 fully saturated rings. The molecule has 1 atom stereocenters. The number of hydrogen-bond donors (Lipinski definition) is 2. The first kappa shape index (κ1) is 19.5. The third kappa shape index (κ3) is 4.43. The minimum absolute atomic E-state index is 0.0392. The quantitative estimate of drug-likeness (QED) is 0.794. The zero-order chi connectivity index (χ0) is 20.2. The van der Waals surface area contributed by atoms with Crippen LogP contribution in [0.2, 0.25) is 0 Å². The molecule has 2 aromatic carbocycles. The Morgan fingerprint density at radius 1 is 1.21 bits per heavy atom. The third-order valence-electron chi connectivity index (χ3n) is 5.71. The van der Waals surface area contributed by atoms with Crippen molar-refractivity contribution in [3.05, 3.63) is 59.7 Å². The molecule has 0 saturated carbocycles. The molecule has 2 N–H and O–H groups in total. The van der Waals surface area contributed by atoms with Gasteiger partial charge in [0.2, 0.25) is 5.91 Å². The van der Waals surface area contributed by atoms with E-state index in [2.05, 4.69) is 32.6 Å². The summed E-state index contributed by atoms with van der Waals surface area (Å²) in [5.74, 6) is -0.0757. The molecule has 0 aromatic heterocycles. The fourth-order valence-electron chi connectivity index (χ4n) is 4.17. The number of amides is 2. The molecule has 6 heteroatoms. The van der Waals surface area contributed by atoms with Crippen molar-refractivity contribution in [3.8, 4) is 0 Å². The van der Waals surface area contributed by atoms with Crippen molar-refractivity contribution >= 4 is 23.2 Å². The maximum Gasteiger partial charge on any atom is 0.251 e. The van der Waals surface area contributed by atoms with Crippen molar-refractivity contribution in [1.29, 1.82) is 0 Å². The van der Waals surface area contributed by atoms with E-state index in [0.717, 1.165) is 50.3 Å². The Kier molecular flexibility index (Phi) is 5.81. The van der Waals surface area contributed by atoms with Crippen LogP contribution in [0.3, 0.4) is 0 Å². The molecule has 1 saturated heterocycles. The highest BCUT2D eigenvalue weighted by Crippen LogP contribution is 2.36. The number of carbonyl (C=O) groups excluding carboxylic acids is 2. The van der Waals surface area contributed by atoms with E-state index < -0.39 is 0 Å². The van der Waals surface area contributed by atoms with E-state index in [1.54, 1.807) is 6.07 Å². The summed E-state index contributed by atoms with van der Waals surface area (Å²) in [5.41, 5.74) is 3.59. The first-order valence-electron chi connectivity index (χ1n) is 10.3. The lowest BCUT2D eigenvalue weighted by Crippen LogP contribution is -2.50. The van der Waals surface area contributed by atoms with Gasteiger partial charge in [0, 0.05) is 31.7 Å². The number of hydrogen-bond acceptors (Lipinski definition) is 4. The minimum Gasteiger partial charge on any atom is -0.358 e. The molecule has 0 aliphatic carbocycles. The molecular weight excluding hydrogens is 364 g/mol. The van der Waals surface area contributed by atoms with Gasteiger partial charge in [-0.15, -0.1) is 0 Å². The second-order valence-corrected chi connectivity index (χ2v) is 7.91. The van der Waals surface area contributed by atoms with Crippen LogP contribution in [0, 0.1) is 0 Å². The van der Waals surface area contributed by atoms with E-state index in [1.807, 2.05) is 37.4 Å². The van der Waals surface area contributed by atoms with Gasteiger partial charge in [0.15, 0.2) is 0 Å². The predicted octanol–water partition coefficient (Wildman–Crippen LogP) is 2.86. The van der Waals surface area contributed by atoms with Gasteiger partial charge in [-0.05, 0) is 50.1 Å². The second-order valence-electron chi connectivity index (χ2n) is 7.91. The Morgan fingerprint density at radius 3 is 2.86 bits per heavy atom. The normalized spacial score (nSPS) is 18.1. The number of nitrogens with zero attached hydrogens (tertiary/aromatic N) is 2. The van der Waals surface area contributed by atoms with E-state index in [9.17, 15) is 9.59 Å². The summed E-state index contributed by atoms with van der Waals surface area (Å²) in [7, 11) is 2.04. The number of nitrogens with one attached hydrogen (secondary N) is 2. The van der Waals surface area contributed by atoms with Gasteiger partial charge < -0.3 is 20.4 Å². The van der Waals surface area contributed by atoms with Crippen LogP contribution in [0.25, 0.3) is 0 Å². The van der Waals surface area contributed by atoms with Crippen LogP contribution >= 0.6 is 0 Å². The Morgan fingerprint density at radius 2 is 2.03 bits per heavy atom. The van der Waals surface area contributed by atoms with Gasteiger partial charge in [0.1, 0.15) is 6.04 Å². The summed E-state index contributed by atoms with van der Waals surface area (Å²) in [5, 5.41) is 5.97. The summed E-state index contributed by atoms with van der Waals surface area (Å²) in [6, 6.07) is 15.8. The van der Waals surface area contributed by atoms with Crippen molar-refractivity contribution in [2.24, 2.45) is 0 Å². The smallest absolute Gasteiger partial charge is 0.251 e. The minimum atomic E-state index is -0.115. The fourth-order valence-corrected chi connectivity index (χ4v) is 4.17. The van der Waals surface area contributed by atoms with Crippen LogP contribution < -0.4 is 15.5 Å². The van der Waals surface area contributed by atoms with E-state index in [1.165, 1.54) is 5.56 Å². The molecular formula is C23H28N4O2. The van der Waals surface area contributed by atoms with Gasteiger partial charge >= 0.3 is 0 Å². The molecule has 0 spiro atoms. The molecule has 2 aliphatic heterocycles. The summed E-state index contributed by atoms with van der Waals surface area (Å²) >= 11 is 0. The summed E-state index contributed by atoms with van der Waals surface area (Å²) in [4.78, 5) is 29.3. The van der Waals surface area contributed by atoms with Gasteiger partial charge in [0.05, 0.1) is 11.4 Å². The topological polar surface area (TPSA) is 64.7 Å². The maximum absolute atomic E-state index is 12.6. The van der Waals surface area contributed by atoms with Crippen molar-refractivity contribution in [2.75, 3.05) is 36.9 Å². The molecule has 2 amide bonds. The van der Waals surface area contributed by atoms with Crippen LogP contribution in [0.1, 0.15) is 35.2 Å². The molecule has 29 heavy (non-hydrogen) atoms.